The summed E-state index contributed by atoms with van der Waals surface area (Å²) < 4.78 is 16.1. The zero-order valence-electron chi connectivity index (χ0n) is 15.7. The third kappa shape index (κ3) is 3.40. The Hall–Kier alpha value is -3.46. The van der Waals surface area contributed by atoms with Gasteiger partial charge in [0.1, 0.15) is 0 Å². The highest BCUT2D eigenvalue weighted by Gasteiger charge is 2.35. The molecule has 3 aromatic rings. The van der Waals surface area contributed by atoms with Crippen LogP contribution in [0.3, 0.4) is 0 Å². The van der Waals surface area contributed by atoms with E-state index in [9.17, 15) is 4.79 Å². The van der Waals surface area contributed by atoms with Gasteiger partial charge in [-0.2, -0.15) is 4.98 Å². The van der Waals surface area contributed by atoms with Crippen LogP contribution in [0.1, 0.15) is 28.7 Å². The quantitative estimate of drug-likeness (QED) is 0.718. The van der Waals surface area contributed by atoms with E-state index in [0.717, 1.165) is 5.56 Å². The first kappa shape index (κ1) is 17.6. The molecule has 2 aromatic heterocycles. The van der Waals surface area contributed by atoms with Crippen LogP contribution in [-0.2, 0) is 0 Å². The molecule has 0 saturated carbocycles. The lowest BCUT2D eigenvalue weighted by Gasteiger charge is -2.14. The van der Waals surface area contributed by atoms with Crippen LogP contribution >= 0.6 is 0 Å². The molecule has 2 aliphatic heterocycles. The predicted octanol–water partition coefficient (Wildman–Crippen LogP) is 2.04. The number of hydrogen-bond acceptors (Lipinski definition) is 8. The summed E-state index contributed by atoms with van der Waals surface area (Å²) in [6.45, 7) is 0.867. The van der Waals surface area contributed by atoms with Crippen LogP contribution < -0.4 is 14.8 Å². The van der Waals surface area contributed by atoms with Crippen molar-refractivity contribution in [3.8, 4) is 22.9 Å². The Bertz CT molecular complexity index is 1040. The topological polar surface area (TPSA) is 103 Å². The number of nitrogens with zero attached hydrogens (tertiary/aromatic N) is 4. The van der Waals surface area contributed by atoms with Gasteiger partial charge in [0.25, 0.3) is 5.91 Å². The fourth-order valence-electron chi connectivity index (χ4n) is 3.68. The highest BCUT2D eigenvalue weighted by atomic mass is 16.7. The molecule has 148 valence electrons. The van der Waals surface area contributed by atoms with E-state index in [2.05, 4.69) is 25.3 Å². The van der Waals surface area contributed by atoms with E-state index in [-0.39, 0.29) is 24.8 Å². The smallest absolute Gasteiger partial charge is 0.251 e. The molecule has 4 heterocycles. The number of amides is 1. The predicted molar refractivity (Wildman–Crippen MR) is 101 cm³/mol. The van der Waals surface area contributed by atoms with E-state index >= 15 is 0 Å². The molecule has 1 N–H and O–H groups in total. The Kier molecular flexibility index (Phi) is 4.36. The van der Waals surface area contributed by atoms with Gasteiger partial charge >= 0.3 is 0 Å². The minimum Gasteiger partial charge on any atom is -0.454 e. The third-order valence-electron chi connectivity index (χ3n) is 5.16. The summed E-state index contributed by atoms with van der Waals surface area (Å²) >= 11 is 0. The van der Waals surface area contributed by atoms with Crippen molar-refractivity contribution in [1.82, 2.24) is 25.3 Å². The van der Waals surface area contributed by atoms with Gasteiger partial charge < -0.3 is 19.3 Å². The van der Waals surface area contributed by atoms with Gasteiger partial charge in [0.05, 0.1) is 6.04 Å². The lowest BCUT2D eigenvalue weighted by molar-refractivity contribution is 0.0938. The number of ether oxygens (including phenoxy) is 2. The van der Waals surface area contributed by atoms with Crippen LogP contribution in [0.25, 0.3) is 11.4 Å². The normalized spacial score (nSPS) is 20.7. The monoisotopic (exact) mass is 393 g/mol. The largest absolute Gasteiger partial charge is 0.454 e. The molecule has 1 saturated heterocycles. The number of nitrogens with one attached hydrogen (secondary N) is 1. The maximum Gasteiger partial charge on any atom is 0.251 e. The van der Waals surface area contributed by atoms with Gasteiger partial charge in [0, 0.05) is 36.1 Å². The number of pyridine rings is 1. The summed E-state index contributed by atoms with van der Waals surface area (Å²) in [6, 6.07) is 8.80. The molecular formula is C20H19N5O4. The molecule has 1 aromatic carbocycles. The van der Waals surface area contributed by atoms with E-state index in [1.165, 1.54) is 0 Å². The summed E-state index contributed by atoms with van der Waals surface area (Å²) in [6.07, 6.45) is 4.07. The molecule has 5 rings (SSSR count). The van der Waals surface area contributed by atoms with Gasteiger partial charge in [-0.3, -0.25) is 14.7 Å². The Labute approximate surface area is 166 Å². The number of benzene rings is 1. The average molecular weight is 393 g/mol. The molecule has 2 atom stereocenters. The zero-order chi connectivity index (χ0) is 19.8. The third-order valence-corrected chi connectivity index (χ3v) is 5.16. The van der Waals surface area contributed by atoms with Crippen molar-refractivity contribution in [2.24, 2.45) is 0 Å². The summed E-state index contributed by atoms with van der Waals surface area (Å²) in [4.78, 5) is 23.4. The molecule has 0 radical (unpaired) electrons. The Balaban J connectivity index is 1.26. The first-order valence-corrected chi connectivity index (χ1v) is 9.32. The minimum atomic E-state index is -0.149. The molecule has 1 fully saturated rings. The maximum atomic E-state index is 12.7. The number of rotatable bonds is 4. The molecular weight excluding hydrogens is 374 g/mol. The first-order chi connectivity index (χ1) is 14.2. The fourth-order valence-corrected chi connectivity index (χ4v) is 3.68. The number of likely N-dealkylation sites (N-methyl/N-ethyl adjacent to an activating group) is 1. The number of fused-ring (bicyclic) bond motifs is 1. The summed E-state index contributed by atoms with van der Waals surface area (Å²) in [5.41, 5.74) is 1.34. The van der Waals surface area contributed by atoms with Crippen LogP contribution in [0.4, 0.5) is 0 Å². The van der Waals surface area contributed by atoms with Gasteiger partial charge in [-0.15, -0.1) is 0 Å². The van der Waals surface area contributed by atoms with E-state index in [4.69, 9.17) is 14.0 Å². The number of carbonyl (C=O) groups is 1. The van der Waals surface area contributed by atoms with Crippen molar-refractivity contribution < 1.29 is 18.8 Å². The molecule has 1 amide bonds. The summed E-state index contributed by atoms with van der Waals surface area (Å²) in [7, 11) is 1.98. The standard InChI is InChI=1S/C20H19N5O4/c1-25-10-14(22-19(26)12-4-5-16-17(7-12)28-11-27-16)8-15(25)20-23-18(24-29-20)13-3-2-6-21-9-13/h2-7,9,14-15H,8,10-11H2,1H3,(H,22,26)/t14-,15-/m0/s1. The van der Waals surface area contributed by atoms with E-state index in [1.54, 1.807) is 30.6 Å². The minimum absolute atomic E-state index is 0.0309. The second-order valence-electron chi connectivity index (χ2n) is 7.13. The SMILES string of the molecule is CN1C[C@@H](NC(=O)c2ccc3c(c2)OCO3)C[C@H]1c1nc(-c2cccnc2)no1. The van der Waals surface area contributed by atoms with Gasteiger partial charge in [-0.1, -0.05) is 5.16 Å². The molecule has 2 aliphatic rings. The highest BCUT2D eigenvalue weighted by Crippen LogP contribution is 2.33. The van der Waals surface area contributed by atoms with Gasteiger partial charge in [-0.25, -0.2) is 0 Å². The molecule has 0 aliphatic carbocycles. The summed E-state index contributed by atoms with van der Waals surface area (Å²) in [5.74, 6) is 2.14. The van der Waals surface area contributed by atoms with Crippen molar-refractivity contribution in [2.45, 2.75) is 18.5 Å². The molecule has 0 unspecified atom stereocenters. The molecule has 0 spiro atoms. The van der Waals surface area contributed by atoms with Crippen molar-refractivity contribution in [1.29, 1.82) is 0 Å². The number of likely N-dealkylation sites (tertiary alicyclic amines) is 1. The molecule has 0 bridgehead atoms. The Morgan fingerprint density at radius 3 is 3.00 bits per heavy atom. The Morgan fingerprint density at radius 1 is 1.24 bits per heavy atom. The van der Waals surface area contributed by atoms with Gasteiger partial charge in [0.15, 0.2) is 11.5 Å². The van der Waals surface area contributed by atoms with Gasteiger partial charge in [0.2, 0.25) is 18.5 Å². The fraction of sp³-hybridized carbons (Fsp3) is 0.300. The van der Waals surface area contributed by atoms with Gasteiger partial charge in [-0.05, 0) is 43.8 Å². The van der Waals surface area contributed by atoms with Crippen molar-refractivity contribution in [3.63, 3.8) is 0 Å². The van der Waals surface area contributed by atoms with Crippen LogP contribution in [0.5, 0.6) is 11.5 Å². The zero-order valence-corrected chi connectivity index (χ0v) is 15.7. The Morgan fingerprint density at radius 2 is 2.14 bits per heavy atom. The highest BCUT2D eigenvalue weighted by molar-refractivity contribution is 5.95. The second-order valence-corrected chi connectivity index (χ2v) is 7.13. The van der Waals surface area contributed by atoms with Crippen molar-refractivity contribution in [3.05, 3.63) is 54.2 Å². The van der Waals surface area contributed by atoms with E-state index in [1.807, 2.05) is 19.2 Å². The maximum absolute atomic E-state index is 12.7. The lowest BCUT2D eigenvalue weighted by Crippen LogP contribution is -2.36. The lowest BCUT2D eigenvalue weighted by atomic mass is 10.1. The van der Waals surface area contributed by atoms with Crippen LogP contribution in [0.2, 0.25) is 0 Å². The van der Waals surface area contributed by atoms with Crippen LogP contribution in [0, 0.1) is 0 Å². The second kappa shape index (κ2) is 7.17. The van der Waals surface area contributed by atoms with E-state index in [0.29, 0.717) is 41.7 Å². The first-order valence-electron chi connectivity index (χ1n) is 9.32. The van der Waals surface area contributed by atoms with Crippen LogP contribution in [-0.4, -0.2) is 52.4 Å². The van der Waals surface area contributed by atoms with Crippen molar-refractivity contribution >= 4 is 5.91 Å². The number of hydrogen-bond donors (Lipinski definition) is 1. The van der Waals surface area contributed by atoms with E-state index < -0.39 is 0 Å². The summed E-state index contributed by atoms with van der Waals surface area (Å²) in [5, 5.41) is 7.14. The number of aromatic nitrogens is 3. The molecule has 9 heteroatoms. The van der Waals surface area contributed by atoms with Crippen LogP contribution in [0.15, 0.2) is 47.2 Å². The molecule has 29 heavy (non-hydrogen) atoms. The molecule has 9 nitrogen and oxygen atoms in total. The number of carbonyl (C=O) groups excluding carboxylic acids is 1. The average Bonchev–Trinajstić information content (AvgIpc) is 3.47. The van der Waals surface area contributed by atoms with Crippen molar-refractivity contribution in [2.75, 3.05) is 20.4 Å².